The Morgan fingerprint density at radius 3 is 2.62 bits per heavy atom. The topological polar surface area (TPSA) is 121 Å². The zero-order valence-electron chi connectivity index (χ0n) is 22.5. The minimum absolute atomic E-state index is 0.123. The van der Waals surface area contributed by atoms with E-state index >= 15 is 0 Å². The summed E-state index contributed by atoms with van der Waals surface area (Å²) < 4.78 is 40.9. The van der Waals surface area contributed by atoms with Crippen molar-refractivity contribution >= 4 is 45.5 Å². The predicted octanol–water partition coefficient (Wildman–Crippen LogP) is 6.74. The number of nitrogens with two attached hydrogens (primary N) is 1. The van der Waals surface area contributed by atoms with Crippen molar-refractivity contribution in [1.29, 1.82) is 0 Å². The molecule has 1 fully saturated rings. The number of primary amides is 1. The summed E-state index contributed by atoms with van der Waals surface area (Å²) in [6, 6.07) is 13.9. The van der Waals surface area contributed by atoms with Crippen LogP contribution >= 0.6 is 11.3 Å². The summed E-state index contributed by atoms with van der Waals surface area (Å²) in [7, 11) is 0. The van der Waals surface area contributed by atoms with Crippen LogP contribution in [0.3, 0.4) is 0 Å². The standard InChI is InChI=1S/C30H27F3N6O2S/c1-17-12-20(24-16-37-27(42-24)29(41)8-4-18(5-9-29)26(34)40)15-22(13-17)39(21-2-3-23-19(14-21)6-10-35-23)28-36-11-7-25(38-28)30(31,32)33/h2-3,6-7,10-16,18,35,41H,4-5,8-9H2,1H3,(H2,34,40). The maximum absolute atomic E-state index is 13.6. The molecular weight excluding hydrogens is 565 g/mol. The number of alkyl halides is 3. The molecule has 42 heavy (non-hydrogen) atoms. The van der Waals surface area contributed by atoms with E-state index in [4.69, 9.17) is 5.73 Å². The number of hydrogen-bond donors (Lipinski definition) is 3. The highest BCUT2D eigenvalue weighted by Crippen LogP contribution is 2.44. The van der Waals surface area contributed by atoms with E-state index in [1.54, 1.807) is 23.4 Å². The van der Waals surface area contributed by atoms with Crippen LogP contribution in [0.4, 0.5) is 30.5 Å². The molecule has 0 spiro atoms. The third-order valence-corrected chi connectivity index (χ3v) is 8.89. The molecule has 5 aromatic rings. The molecule has 3 aromatic heterocycles. The first-order valence-electron chi connectivity index (χ1n) is 13.4. The number of nitrogens with one attached hydrogen (secondary N) is 1. The lowest BCUT2D eigenvalue weighted by molar-refractivity contribution is -0.141. The highest BCUT2D eigenvalue weighted by atomic mass is 32.1. The summed E-state index contributed by atoms with van der Waals surface area (Å²) in [5.74, 6) is -0.727. The van der Waals surface area contributed by atoms with Gasteiger partial charge >= 0.3 is 6.18 Å². The van der Waals surface area contributed by atoms with Gasteiger partial charge in [-0.25, -0.2) is 15.0 Å². The van der Waals surface area contributed by atoms with Crippen LogP contribution in [0.5, 0.6) is 0 Å². The van der Waals surface area contributed by atoms with Crippen LogP contribution in [-0.2, 0) is 16.6 Å². The van der Waals surface area contributed by atoms with Gasteiger partial charge in [0, 0.05) is 41.1 Å². The Morgan fingerprint density at radius 2 is 1.88 bits per heavy atom. The first kappa shape index (κ1) is 27.9. The Labute approximate surface area is 243 Å². The molecule has 8 nitrogen and oxygen atoms in total. The van der Waals surface area contributed by atoms with E-state index in [-0.39, 0.29) is 17.8 Å². The third-order valence-electron chi connectivity index (χ3n) is 7.65. The molecule has 0 atom stereocenters. The van der Waals surface area contributed by atoms with Gasteiger partial charge in [0.1, 0.15) is 16.3 Å². The molecule has 1 aliphatic carbocycles. The van der Waals surface area contributed by atoms with E-state index < -0.39 is 17.5 Å². The van der Waals surface area contributed by atoms with E-state index in [1.165, 1.54) is 11.3 Å². The Hall–Kier alpha value is -4.29. The van der Waals surface area contributed by atoms with Crippen molar-refractivity contribution in [3.8, 4) is 10.4 Å². The van der Waals surface area contributed by atoms with E-state index in [2.05, 4.69) is 19.9 Å². The quantitative estimate of drug-likeness (QED) is 0.201. The second-order valence-electron chi connectivity index (χ2n) is 10.6. The number of thiazole rings is 1. The van der Waals surface area contributed by atoms with Crippen LogP contribution in [0.1, 0.15) is 41.9 Å². The number of aromatic amines is 1. The Morgan fingerprint density at radius 1 is 1.10 bits per heavy atom. The largest absolute Gasteiger partial charge is 0.433 e. The molecule has 0 radical (unpaired) electrons. The van der Waals surface area contributed by atoms with Gasteiger partial charge in [0.2, 0.25) is 11.9 Å². The lowest BCUT2D eigenvalue weighted by Crippen LogP contribution is -2.35. The van der Waals surface area contributed by atoms with Gasteiger partial charge < -0.3 is 15.8 Å². The Bertz CT molecular complexity index is 1770. The lowest BCUT2D eigenvalue weighted by Gasteiger charge is -2.33. The normalized spacial score (nSPS) is 19.2. The van der Waals surface area contributed by atoms with Gasteiger partial charge in [0.05, 0.1) is 10.6 Å². The number of carbonyl (C=O) groups excluding carboxylic acids is 1. The molecule has 1 aliphatic rings. The number of fused-ring (bicyclic) bond motifs is 1. The maximum atomic E-state index is 13.6. The van der Waals surface area contributed by atoms with Crippen molar-refractivity contribution in [1.82, 2.24) is 19.9 Å². The monoisotopic (exact) mass is 592 g/mol. The summed E-state index contributed by atoms with van der Waals surface area (Å²) in [4.78, 5) is 29.8. The summed E-state index contributed by atoms with van der Waals surface area (Å²) in [5, 5.41) is 12.8. The van der Waals surface area contributed by atoms with Gasteiger partial charge in [-0.15, -0.1) is 11.3 Å². The number of H-pyrrole nitrogens is 1. The van der Waals surface area contributed by atoms with Crippen LogP contribution in [0, 0.1) is 12.8 Å². The van der Waals surface area contributed by atoms with Gasteiger partial charge in [0.25, 0.3) is 0 Å². The zero-order valence-corrected chi connectivity index (χ0v) is 23.3. The number of anilines is 3. The van der Waals surface area contributed by atoms with Gasteiger partial charge in [-0.1, -0.05) is 6.07 Å². The van der Waals surface area contributed by atoms with Crippen molar-refractivity contribution in [2.45, 2.75) is 44.4 Å². The fourth-order valence-corrected chi connectivity index (χ4v) is 6.47. The zero-order chi connectivity index (χ0) is 29.6. The number of rotatable bonds is 6. The molecule has 0 saturated heterocycles. The number of amides is 1. The van der Waals surface area contributed by atoms with Gasteiger partial charge in [0.15, 0.2) is 0 Å². The number of carbonyl (C=O) groups is 1. The molecular formula is C30H27F3N6O2S. The molecule has 1 amide bonds. The predicted molar refractivity (Wildman–Crippen MR) is 154 cm³/mol. The summed E-state index contributed by atoms with van der Waals surface area (Å²) in [5.41, 5.74) is 6.94. The van der Waals surface area contributed by atoms with Crippen molar-refractivity contribution in [2.75, 3.05) is 4.90 Å². The summed E-state index contributed by atoms with van der Waals surface area (Å²) >= 11 is 1.35. The van der Waals surface area contributed by atoms with Crippen LogP contribution in [0.15, 0.2) is 67.1 Å². The number of benzene rings is 2. The van der Waals surface area contributed by atoms with E-state index in [1.807, 2.05) is 43.3 Å². The molecule has 0 aliphatic heterocycles. The highest BCUT2D eigenvalue weighted by Gasteiger charge is 2.39. The third kappa shape index (κ3) is 5.35. The minimum Gasteiger partial charge on any atom is -0.383 e. The molecule has 1 saturated carbocycles. The first-order valence-corrected chi connectivity index (χ1v) is 14.2. The highest BCUT2D eigenvalue weighted by molar-refractivity contribution is 7.15. The number of aromatic nitrogens is 4. The first-order chi connectivity index (χ1) is 20.0. The van der Waals surface area contributed by atoms with Crippen LogP contribution in [0.25, 0.3) is 21.3 Å². The number of hydrogen-bond acceptors (Lipinski definition) is 7. The van der Waals surface area contributed by atoms with Crippen molar-refractivity contribution in [3.05, 3.63) is 83.4 Å². The lowest BCUT2D eigenvalue weighted by atomic mass is 9.79. The fraction of sp³-hybridized carbons (Fsp3) is 0.267. The SMILES string of the molecule is Cc1cc(-c2cnc(C3(O)CCC(C(N)=O)CC3)s2)cc(N(c2ccc3[nH]ccc3c2)c2nccc(C(F)(F)F)n2)c1. The average Bonchev–Trinajstić information content (AvgIpc) is 3.63. The van der Waals surface area contributed by atoms with Gasteiger partial charge in [-0.2, -0.15) is 13.2 Å². The number of aliphatic hydroxyl groups is 1. The summed E-state index contributed by atoms with van der Waals surface area (Å²) in [6.45, 7) is 1.90. The van der Waals surface area contributed by atoms with E-state index in [0.717, 1.165) is 39.2 Å². The number of aryl methyl sites for hydroxylation is 1. The fourth-order valence-electron chi connectivity index (χ4n) is 5.42. The molecule has 4 N–H and O–H groups in total. The minimum atomic E-state index is -4.64. The molecule has 6 rings (SSSR count). The number of nitrogens with zero attached hydrogens (tertiary/aromatic N) is 4. The van der Waals surface area contributed by atoms with Gasteiger partial charge in [-0.05, 0) is 86.2 Å². The van der Waals surface area contributed by atoms with Crippen LogP contribution in [0.2, 0.25) is 0 Å². The molecule has 0 unspecified atom stereocenters. The maximum Gasteiger partial charge on any atom is 0.433 e. The molecule has 12 heteroatoms. The van der Waals surface area contributed by atoms with Crippen molar-refractivity contribution < 1.29 is 23.1 Å². The second-order valence-corrected chi connectivity index (χ2v) is 11.7. The Balaban J connectivity index is 1.41. The van der Waals surface area contributed by atoms with Crippen LogP contribution in [-0.4, -0.2) is 30.9 Å². The Kier molecular flexibility index (Phi) is 6.98. The molecule has 216 valence electrons. The van der Waals surface area contributed by atoms with E-state index in [9.17, 15) is 23.1 Å². The average molecular weight is 593 g/mol. The summed E-state index contributed by atoms with van der Waals surface area (Å²) in [6.07, 6.45) is 1.70. The molecule has 0 bridgehead atoms. The van der Waals surface area contributed by atoms with Gasteiger partial charge in [-0.3, -0.25) is 9.69 Å². The van der Waals surface area contributed by atoms with Crippen molar-refractivity contribution in [3.63, 3.8) is 0 Å². The number of halogens is 3. The van der Waals surface area contributed by atoms with Crippen LogP contribution < -0.4 is 10.6 Å². The van der Waals surface area contributed by atoms with E-state index in [0.29, 0.717) is 42.1 Å². The molecule has 3 heterocycles. The van der Waals surface area contributed by atoms with Crippen molar-refractivity contribution in [2.24, 2.45) is 11.7 Å². The molecule has 2 aromatic carbocycles. The second kappa shape index (κ2) is 10.5. The smallest absolute Gasteiger partial charge is 0.383 e.